The van der Waals surface area contributed by atoms with Gasteiger partial charge in [-0.15, -0.1) is 17.3 Å². The Labute approximate surface area is 78.0 Å². The second-order valence-corrected chi connectivity index (χ2v) is 3.37. The molecule has 0 radical (unpaired) electrons. The van der Waals surface area contributed by atoms with Crippen LogP contribution in [0.4, 0.5) is 0 Å². The summed E-state index contributed by atoms with van der Waals surface area (Å²) in [6.07, 6.45) is 2.37. The van der Waals surface area contributed by atoms with Crippen molar-refractivity contribution in [2.75, 3.05) is 19.6 Å². The van der Waals surface area contributed by atoms with Gasteiger partial charge in [0.2, 0.25) is 0 Å². The van der Waals surface area contributed by atoms with Crippen molar-refractivity contribution in [2.45, 2.75) is 18.9 Å². The molecule has 2 aliphatic heterocycles. The lowest BCUT2D eigenvalue weighted by atomic mass is 9.93. The third kappa shape index (κ3) is 1.54. The Bertz CT molecular complexity index is 167. The first-order valence-corrected chi connectivity index (χ1v) is 4.22. The van der Waals surface area contributed by atoms with E-state index in [9.17, 15) is 4.91 Å². The summed E-state index contributed by atoms with van der Waals surface area (Å²) >= 11 is 0. The van der Waals surface area contributed by atoms with Crippen molar-refractivity contribution in [3.05, 3.63) is 4.91 Å². The third-order valence-electron chi connectivity index (χ3n) is 2.75. The standard InChI is InChI=1S/C7H13N3O.ClH/c11-9-10-3-1-2-6-4-8-5-7(6)10;/h6-8H,1-5H2;1H/t6-,7+;/m1./s1. The maximum atomic E-state index is 10.4. The quantitative estimate of drug-likeness (QED) is 0.623. The summed E-state index contributed by atoms with van der Waals surface area (Å²) in [5.74, 6) is 0.668. The van der Waals surface area contributed by atoms with Crippen LogP contribution in [-0.2, 0) is 0 Å². The monoisotopic (exact) mass is 191 g/mol. The number of halogens is 1. The zero-order valence-corrected chi connectivity index (χ0v) is 7.72. The van der Waals surface area contributed by atoms with Gasteiger partial charge in [-0.05, 0) is 18.8 Å². The lowest BCUT2D eigenvalue weighted by Gasteiger charge is -2.31. The van der Waals surface area contributed by atoms with Crippen LogP contribution in [0, 0.1) is 10.8 Å². The van der Waals surface area contributed by atoms with E-state index in [0.717, 1.165) is 26.1 Å². The summed E-state index contributed by atoms with van der Waals surface area (Å²) in [5.41, 5.74) is 0. The molecule has 2 heterocycles. The first-order chi connectivity index (χ1) is 5.42. The predicted octanol–water partition coefficient (Wildman–Crippen LogP) is 0.773. The Morgan fingerprint density at radius 1 is 1.42 bits per heavy atom. The van der Waals surface area contributed by atoms with Crippen LogP contribution in [0.5, 0.6) is 0 Å². The molecular weight excluding hydrogens is 178 g/mol. The van der Waals surface area contributed by atoms with Gasteiger partial charge < -0.3 is 5.32 Å². The summed E-state index contributed by atoms with van der Waals surface area (Å²) in [7, 11) is 0. The molecule has 0 aromatic heterocycles. The van der Waals surface area contributed by atoms with E-state index in [1.54, 1.807) is 5.01 Å². The number of hydrogen-bond donors (Lipinski definition) is 1. The SMILES string of the molecule is Cl.O=NN1CCC[C@@H]2CNC[C@@H]21. The van der Waals surface area contributed by atoms with E-state index in [1.807, 2.05) is 0 Å². The molecule has 5 heteroatoms. The number of rotatable bonds is 1. The van der Waals surface area contributed by atoms with E-state index >= 15 is 0 Å². The highest BCUT2D eigenvalue weighted by Crippen LogP contribution is 2.25. The smallest absolute Gasteiger partial charge is 0.0667 e. The number of nitroso groups, excluding NO2 is 1. The molecule has 4 nitrogen and oxygen atoms in total. The predicted molar refractivity (Wildman–Crippen MR) is 49.1 cm³/mol. The topological polar surface area (TPSA) is 44.7 Å². The van der Waals surface area contributed by atoms with Gasteiger partial charge in [0.15, 0.2) is 0 Å². The minimum Gasteiger partial charge on any atom is -0.314 e. The molecule has 0 aromatic carbocycles. The van der Waals surface area contributed by atoms with Crippen molar-refractivity contribution in [1.29, 1.82) is 0 Å². The lowest BCUT2D eigenvalue weighted by molar-refractivity contribution is 0.128. The van der Waals surface area contributed by atoms with Crippen LogP contribution < -0.4 is 5.32 Å². The van der Waals surface area contributed by atoms with E-state index in [1.165, 1.54) is 6.42 Å². The third-order valence-corrected chi connectivity index (χ3v) is 2.75. The Hall–Kier alpha value is -0.350. The number of hydrogen-bond acceptors (Lipinski definition) is 3. The van der Waals surface area contributed by atoms with E-state index in [2.05, 4.69) is 10.6 Å². The van der Waals surface area contributed by atoms with Crippen molar-refractivity contribution in [3.63, 3.8) is 0 Å². The molecule has 0 aromatic rings. The summed E-state index contributed by atoms with van der Waals surface area (Å²) in [5, 5.41) is 8.02. The van der Waals surface area contributed by atoms with Crippen molar-refractivity contribution in [3.8, 4) is 0 Å². The van der Waals surface area contributed by atoms with Crippen molar-refractivity contribution in [1.82, 2.24) is 10.3 Å². The van der Waals surface area contributed by atoms with Crippen LogP contribution in [0.3, 0.4) is 0 Å². The van der Waals surface area contributed by atoms with Gasteiger partial charge in [0, 0.05) is 19.6 Å². The van der Waals surface area contributed by atoms with Gasteiger partial charge in [0.25, 0.3) is 0 Å². The Morgan fingerprint density at radius 2 is 2.25 bits per heavy atom. The molecule has 0 aliphatic carbocycles. The van der Waals surface area contributed by atoms with Crippen LogP contribution in [-0.4, -0.2) is 30.7 Å². The molecule has 0 saturated carbocycles. The molecule has 0 spiro atoms. The maximum absolute atomic E-state index is 10.4. The molecule has 2 fully saturated rings. The van der Waals surface area contributed by atoms with E-state index in [-0.39, 0.29) is 12.4 Å². The Morgan fingerprint density at radius 3 is 3.00 bits per heavy atom. The van der Waals surface area contributed by atoms with Crippen LogP contribution in [0.25, 0.3) is 0 Å². The van der Waals surface area contributed by atoms with Crippen molar-refractivity contribution < 1.29 is 0 Å². The van der Waals surface area contributed by atoms with Gasteiger partial charge in [0.05, 0.1) is 11.3 Å². The molecule has 0 unspecified atom stereocenters. The zero-order valence-electron chi connectivity index (χ0n) is 6.90. The van der Waals surface area contributed by atoms with E-state index < -0.39 is 0 Å². The number of fused-ring (bicyclic) bond motifs is 1. The van der Waals surface area contributed by atoms with E-state index in [4.69, 9.17) is 0 Å². The van der Waals surface area contributed by atoms with Crippen LogP contribution in [0.15, 0.2) is 5.29 Å². The van der Waals surface area contributed by atoms with Crippen LogP contribution >= 0.6 is 12.4 Å². The summed E-state index contributed by atoms with van der Waals surface area (Å²) in [6.45, 7) is 2.86. The fourth-order valence-corrected chi connectivity index (χ4v) is 2.15. The van der Waals surface area contributed by atoms with Gasteiger partial charge in [-0.25, -0.2) is 0 Å². The fraction of sp³-hybridized carbons (Fsp3) is 1.00. The average molecular weight is 192 g/mol. The molecule has 2 rings (SSSR count). The second-order valence-electron chi connectivity index (χ2n) is 3.37. The number of nitrogens with zero attached hydrogens (tertiary/aromatic N) is 2. The molecule has 2 saturated heterocycles. The molecule has 70 valence electrons. The molecule has 0 bridgehead atoms. The Kier molecular flexibility index (Phi) is 3.29. The van der Waals surface area contributed by atoms with Gasteiger partial charge in [-0.3, -0.25) is 5.01 Å². The normalized spacial score (nSPS) is 33.8. The molecule has 2 atom stereocenters. The van der Waals surface area contributed by atoms with Crippen LogP contribution in [0.2, 0.25) is 0 Å². The Balaban J connectivity index is 0.000000720. The molecule has 12 heavy (non-hydrogen) atoms. The molecular formula is C7H14ClN3O. The minimum absolute atomic E-state index is 0. The summed E-state index contributed by atoms with van der Waals surface area (Å²) in [6, 6.07) is 0.390. The summed E-state index contributed by atoms with van der Waals surface area (Å²) < 4.78 is 0. The van der Waals surface area contributed by atoms with Crippen molar-refractivity contribution >= 4 is 12.4 Å². The van der Waals surface area contributed by atoms with Gasteiger partial charge in [0.1, 0.15) is 0 Å². The van der Waals surface area contributed by atoms with Gasteiger partial charge >= 0.3 is 0 Å². The number of piperidine rings is 1. The average Bonchev–Trinajstić information content (AvgIpc) is 2.50. The first kappa shape index (κ1) is 9.74. The molecule has 2 aliphatic rings. The molecule has 0 amide bonds. The first-order valence-electron chi connectivity index (χ1n) is 4.22. The van der Waals surface area contributed by atoms with Crippen LogP contribution in [0.1, 0.15) is 12.8 Å². The maximum Gasteiger partial charge on any atom is 0.0667 e. The van der Waals surface area contributed by atoms with E-state index in [0.29, 0.717) is 12.0 Å². The van der Waals surface area contributed by atoms with Gasteiger partial charge in [-0.2, -0.15) is 0 Å². The number of nitrogens with one attached hydrogen (secondary N) is 1. The van der Waals surface area contributed by atoms with Gasteiger partial charge in [-0.1, -0.05) is 0 Å². The highest BCUT2D eigenvalue weighted by Gasteiger charge is 2.35. The lowest BCUT2D eigenvalue weighted by Crippen LogP contribution is -2.41. The minimum atomic E-state index is 0. The molecule has 1 N–H and O–H groups in total. The summed E-state index contributed by atoms with van der Waals surface area (Å²) in [4.78, 5) is 10.4. The zero-order chi connectivity index (χ0) is 7.68. The fourth-order valence-electron chi connectivity index (χ4n) is 2.15. The largest absolute Gasteiger partial charge is 0.314 e. The van der Waals surface area contributed by atoms with Crippen molar-refractivity contribution in [2.24, 2.45) is 11.2 Å². The highest BCUT2D eigenvalue weighted by atomic mass is 35.5. The highest BCUT2D eigenvalue weighted by molar-refractivity contribution is 5.85. The second kappa shape index (κ2) is 4.05.